The SMILES string of the molecule is COC1=CC(OC)=NN(NC(=O)NS(=O)(=O)c2n[nH]c(C)c2S(=O)(=O)N(C)C)N1. The van der Waals surface area contributed by atoms with E-state index in [1.807, 2.05) is 0 Å². The summed E-state index contributed by atoms with van der Waals surface area (Å²) in [6, 6.07) is -1.26. The molecule has 0 aliphatic carbocycles. The fourth-order valence-corrected chi connectivity index (χ4v) is 4.67. The van der Waals surface area contributed by atoms with Gasteiger partial charge in [0.25, 0.3) is 10.0 Å². The highest BCUT2D eigenvalue weighted by molar-refractivity contribution is 7.92. The summed E-state index contributed by atoms with van der Waals surface area (Å²) >= 11 is 0. The predicted molar refractivity (Wildman–Crippen MR) is 97.6 cm³/mol. The van der Waals surface area contributed by atoms with Gasteiger partial charge in [0.2, 0.25) is 26.8 Å². The van der Waals surface area contributed by atoms with Crippen LogP contribution in [-0.4, -0.2) is 76.8 Å². The molecule has 0 fully saturated rings. The second-order valence-electron chi connectivity index (χ2n) is 5.60. The van der Waals surface area contributed by atoms with E-state index in [-0.39, 0.29) is 17.5 Å². The van der Waals surface area contributed by atoms with Gasteiger partial charge in [-0.15, -0.1) is 0 Å². The Bertz CT molecular complexity index is 1060. The number of nitrogens with zero attached hydrogens (tertiary/aromatic N) is 4. The third-order valence-corrected chi connectivity index (χ3v) is 6.75. The Morgan fingerprint density at radius 3 is 2.41 bits per heavy atom. The summed E-state index contributed by atoms with van der Waals surface area (Å²) in [5, 5.41) is 9.48. The summed E-state index contributed by atoms with van der Waals surface area (Å²) in [7, 11) is -3.70. The van der Waals surface area contributed by atoms with Gasteiger partial charge in [0.1, 0.15) is 4.90 Å². The molecule has 0 saturated carbocycles. The Labute approximate surface area is 166 Å². The van der Waals surface area contributed by atoms with E-state index in [2.05, 4.69) is 26.2 Å². The van der Waals surface area contributed by atoms with Crippen molar-refractivity contribution in [3.63, 3.8) is 0 Å². The summed E-state index contributed by atoms with van der Waals surface area (Å²) in [4.78, 5) is 11.6. The number of H-pyrrole nitrogens is 1. The van der Waals surface area contributed by atoms with Crippen molar-refractivity contribution in [2.24, 2.45) is 5.10 Å². The number of methoxy groups -OCH3 is 2. The molecule has 2 amide bonds. The van der Waals surface area contributed by atoms with Crippen LogP contribution < -0.4 is 15.6 Å². The molecule has 1 aromatic rings. The Morgan fingerprint density at radius 2 is 1.86 bits per heavy atom. The molecule has 1 aliphatic heterocycles. The summed E-state index contributed by atoms with van der Waals surface area (Å²) in [6.45, 7) is 1.33. The maximum atomic E-state index is 12.6. The van der Waals surface area contributed by atoms with Crippen LogP contribution in [-0.2, 0) is 29.5 Å². The van der Waals surface area contributed by atoms with Gasteiger partial charge in [0.05, 0.1) is 26.0 Å². The van der Waals surface area contributed by atoms with E-state index in [0.717, 1.165) is 9.53 Å². The van der Waals surface area contributed by atoms with Crippen molar-refractivity contribution in [1.82, 2.24) is 35.3 Å². The molecule has 15 nitrogen and oxygen atoms in total. The first-order valence-corrected chi connectivity index (χ1v) is 10.6. The minimum atomic E-state index is -4.67. The number of urea groups is 1. The van der Waals surface area contributed by atoms with Crippen LogP contribution in [0.5, 0.6) is 0 Å². The number of nitrogens with one attached hydrogen (secondary N) is 4. The maximum Gasteiger partial charge on any atom is 0.350 e. The monoisotopic (exact) mass is 452 g/mol. The van der Waals surface area contributed by atoms with Crippen molar-refractivity contribution >= 4 is 32.0 Å². The molecule has 2 rings (SSSR count). The first-order valence-electron chi connectivity index (χ1n) is 7.68. The summed E-state index contributed by atoms with van der Waals surface area (Å²) in [5.41, 5.74) is 4.55. The zero-order chi connectivity index (χ0) is 22.0. The van der Waals surface area contributed by atoms with Crippen molar-refractivity contribution in [3.05, 3.63) is 17.7 Å². The van der Waals surface area contributed by atoms with Gasteiger partial charge in [0, 0.05) is 14.1 Å². The quantitative estimate of drug-likeness (QED) is 0.381. The van der Waals surface area contributed by atoms with Gasteiger partial charge in [-0.1, -0.05) is 10.3 Å². The molecule has 17 heteroatoms. The number of rotatable bonds is 6. The molecule has 0 unspecified atom stereocenters. The van der Waals surface area contributed by atoms with Crippen LogP contribution in [0.25, 0.3) is 0 Å². The van der Waals surface area contributed by atoms with Crippen LogP contribution in [0.3, 0.4) is 0 Å². The largest absolute Gasteiger partial charge is 0.481 e. The van der Waals surface area contributed by atoms with Gasteiger partial charge >= 0.3 is 6.03 Å². The lowest BCUT2D eigenvalue weighted by Gasteiger charge is -2.25. The van der Waals surface area contributed by atoms with E-state index < -0.39 is 36.0 Å². The van der Waals surface area contributed by atoms with Gasteiger partial charge < -0.3 is 9.47 Å². The molecule has 0 bridgehead atoms. The van der Waals surface area contributed by atoms with E-state index in [1.54, 1.807) is 4.72 Å². The standard InChI is InChI=1S/C12H20N8O7S2/c1-7-10(29(24,25)19(2)3)11(14-13-7)28(22,23)18-12(21)17-20-15-8(26-4)6-9(16-20)27-5/h6,15H,1-5H3,(H,13,14)(H2,17,18,21). The average Bonchev–Trinajstić information content (AvgIpc) is 3.03. The number of carbonyl (C=O) groups excluding carboxylic acids is 1. The van der Waals surface area contributed by atoms with Crippen LogP contribution in [0.1, 0.15) is 5.69 Å². The molecule has 1 aromatic heterocycles. The normalized spacial score (nSPS) is 14.6. The van der Waals surface area contributed by atoms with Crippen LogP contribution in [0, 0.1) is 6.92 Å². The average molecular weight is 452 g/mol. The predicted octanol–water partition coefficient (Wildman–Crippen LogP) is -1.86. The Kier molecular flexibility index (Phi) is 6.24. The van der Waals surface area contributed by atoms with Crippen LogP contribution in [0.2, 0.25) is 0 Å². The molecule has 4 N–H and O–H groups in total. The van der Waals surface area contributed by atoms with Gasteiger partial charge in [-0.25, -0.2) is 33.1 Å². The summed E-state index contributed by atoms with van der Waals surface area (Å²) in [5.74, 6) is 0.188. The van der Waals surface area contributed by atoms with E-state index in [4.69, 9.17) is 9.47 Å². The lowest BCUT2D eigenvalue weighted by molar-refractivity contribution is 0.0943. The number of sulfonamides is 2. The third kappa shape index (κ3) is 4.69. The second kappa shape index (κ2) is 8.13. The molecular weight excluding hydrogens is 432 g/mol. The number of hydrazine groups is 2. The zero-order valence-electron chi connectivity index (χ0n) is 16.0. The summed E-state index contributed by atoms with van der Waals surface area (Å²) < 4.78 is 62.3. The van der Waals surface area contributed by atoms with Crippen molar-refractivity contribution in [2.45, 2.75) is 16.8 Å². The van der Waals surface area contributed by atoms with Crippen LogP contribution in [0.15, 0.2) is 27.0 Å². The highest BCUT2D eigenvalue weighted by Gasteiger charge is 2.34. The molecule has 29 heavy (non-hydrogen) atoms. The van der Waals surface area contributed by atoms with Gasteiger partial charge in [-0.2, -0.15) is 13.5 Å². The number of aryl methyl sites for hydroxylation is 1. The number of hydrogen-bond acceptors (Lipinski definition) is 11. The topological polar surface area (TPSA) is 187 Å². The lowest BCUT2D eigenvalue weighted by atomic mass is 10.5. The molecule has 2 heterocycles. The van der Waals surface area contributed by atoms with Gasteiger partial charge in [-0.05, 0) is 6.92 Å². The Balaban J connectivity index is 2.24. The highest BCUT2D eigenvalue weighted by atomic mass is 32.2. The van der Waals surface area contributed by atoms with Gasteiger partial charge in [-0.3, -0.25) is 5.10 Å². The minimum Gasteiger partial charge on any atom is -0.481 e. The number of aromatic nitrogens is 2. The molecule has 0 saturated heterocycles. The van der Waals surface area contributed by atoms with Crippen LogP contribution >= 0.6 is 0 Å². The minimum absolute atomic E-state index is 0.0126. The molecule has 0 spiro atoms. The summed E-state index contributed by atoms with van der Waals surface area (Å²) in [6.07, 6.45) is 1.37. The lowest BCUT2D eigenvalue weighted by Crippen LogP contribution is -2.53. The van der Waals surface area contributed by atoms with E-state index in [9.17, 15) is 21.6 Å². The number of amides is 2. The Hall–Kier alpha value is -3.05. The first-order chi connectivity index (χ1) is 13.4. The van der Waals surface area contributed by atoms with Crippen molar-refractivity contribution < 1.29 is 31.1 Å². The smallest absolute Gasteiger partial charge is 0.350 e. The second-order valence-corrected chi connectivity index (χ2v) is 9.28. The fourth-order valence-electron chi connectivity index (χ4n) is 2.01. The fraction of sp³-hybridized carbons (Fsp3) is 0.417. The molecule has 1 aliphatic rings. The van der Waals surface area contributed by atoms with E-state index in [0.29, 0.717) is 0 Å². The first kappa shape index (κ1) is 22.2. The van der Waals surface area contributed by atoms with E-state index in [1.165, 1.54) is 41.3 Å². The molecular formula is C12H20N8O7S2. The molecule has 0 aromatic carbocycles. The zero-order valence-corrected chi connectivity index (χ0v) is 17.7. The number of aromatic amines is 1. The van der Waals surface area contributed by atoms with Gasteiger partial charge in [0.15, 0.2) is 0 Å². The molecule has 162 valence electrons. The number of ether oxygens (including phenoxy) is 2. The third-order valence-electron chi connectivity index (χ3n) is 3.39. The number of hydrogen-bond donors (Lipinski definition) is 4. The molecule has 0 atom stereocenters. The van der Waals surface area contributed by atoms with E-state index >= 15 is 0 Å². The Morgan fingerprint density at radius 1 is 1.21 bits per heavy atom. The molecule has 0 radical (unpaired) electrons. The van der Waals surface area contributed by atoms with Crippen molar-refractivity contribution in [1.29, 1.82) is 0 Å². The van der Waals surface area contributed by atoms with Crippen LogP contribution in [0.4, 0.5) is 4.79 Å². The number of carbonyl (C=O) groups is 1. The van der Waals surface area contributed by atoms with Crippen molar-refractivity contribution in [2.75, 3.05) is 28.3 Å². The highest BCUT2D eigenvalue weighted by Crippen LogP contribution is 2.24. The number of hydrazone groups is 1. The van der Waals surface area contributed by atoms with Crippen molar-refractivity contribution in [3.8, 4) is 0 Å². The maximum absolute atomic E-state index is 12.6.